The minimum Gasteiger partial charge on any atom is -0.349 e. The summed E-state index contributed by atoms with van der Waals surface area (Å²) in [5.41, 5.74) is -1.39. The van der Waals surface area contributed by atoms with Crippen LogP contribution in [0.2, 0.25) is 10.0 Å². The van der Waals surface area contributed by atoms with Gasteiger partial charge in [0.1, 0.15) is 5.82 Å². The van der Waals surface area contributed by atoms with Crippen molar-refractivity contribution in [3.8, 4) is 0 Å². The number of hydrogen-bond acceptors (Lipinski definition) is 5. The smallest absolute Gasteiger partial charge is 0.241 e. The summed E-state index contributed by atoms with van der Waals surface area (Å²) in [5.74, 6) is -6.08. The van der Waals surface area contributed by atoms with Crippen LogP contribution in [0.25, 0.3) is 0 Å². The number of ketones is 2. The molecule has 1 spiro atoms. The molecule has 2 saturated heterocycles. The van der Waals surface area contributed by atoms with E-state index in [-0.39, 0.29) is 21.8 Å². The Balaban J connectivity index is 1.54. The van der Waals surface area contributed by atoms with Crippen LogP contribution >= 0.6 is 23.2 Å². The molecule has 2 aliphatic heterocycles. The zero-order chi connectivity index (χ0) is 24.6. The van der Waals surface area contributed by atoms with Crippen LogP contribution in [0.3, 0.4) is 0 Å². The highest BCUT2D eigenvalue weighted by Gasteiger charge is 2.74. The Hall–Kier alpha value is -3.39. The molecule has 2 fully saturated rings. The van der Waals surface area contributed by atoms with Gasteiger partial charge in [-0.1, -0.05) is 59.6 Å². The van der Waals surface area contributed by atoms with Crippen molar-refractivity contribution in [3.05, 3.63) is 99.3 Å². The summed E-state index contributed by atoms with van der Waals surface area (Å²) in [4.78, 5) is 55.7. The number of benzene rings is 3. The van der Waals surface area contributed by atoms with E-state index in [1.807, 2.05) is 0 Å². The van der Waals surface area contributed by atoms with Crippen molar-refractivity contribution in [2.75, 3.05) is 4.90 Å². The number of carbonyl (C=O) groups excluding carboxylic acids is 4. The highest BCUT2D eigenvalue weighted by molar-refractivity contribution is 6.37. The van der Waals surface area contributed by atoms with Gasteiger partial charge in [-0.2, -0.15) is 0 Å². The summed E-state index contributed by atoms with van der Waals surface area (Å²) in [6, 6.07) is 16.1. The fraction of sp³-hybridized carbons (Fsp3) is 0.154. The molecule has 0 radical (unpaired) electrons. The molecule has 0 saturated carbocycles. The van der Waals surface area contributed by atoms with Crippen molar-refractivity contribution in [2.45, 2.75) is 11.7 Å². The fourth-order valence-corrected chi connectivity index (χ4v) is 5.65. The summed E-state index contributed by atoms with van der Waals surface area (Å²) < 4.78 is 20.0. The summed E-state index contributed by atoms with van der Waals surface area (Å²) in [7, 11) is 0. The van der Waals surface area contributed by atoms with Gasteiger partial charge in [-0.05, 0) is 35.9 Å². The van der Waals surface area contributed by atoms with Gasteiger partial charge in [0.2, 0.25) is 29.0 Å². The molecule has 0 bridgehead atoms. The van der Waals surface area contributed by atoms with Crippen molar-refractivity contribution in [1.29, 1.82) is 0 Å². The molecular formula is C26H14Cl2FNO5. The van der Waals surface area contributed by atoms with Gasteiger partial charge >= 0.3 is 0 Å². The van der Waals surface area contributed by atoms with Gasteiger partial charge in [0.25, 0.3) is 0 Å². The molecule has 6 rings (SSSR count). The SMILES string of the molecule is O=C1[C@@H]2[C@@H](C(=O)N1c1ccc(F)c(Cl)c1)C1(O[C@H]2c2ccc(Cl)cc2)C(=O)c2ccccc2C1=O. The number of rotatable bonds is 2. The maximum atomic E-state index is 13.8. The van der Waals surface area contributed by atoms with Crippen LogP contribution in [-0.4, -0.2) is 29.0 Å². The van der Waals surface area contributed by atoms with Crippen LogP contribution in [0.15, 0.2) is 66.7 Å². The number of carbonyl (C=O) groups is 4. The maximum Gasteiger partial charge on any atom is 0.241 e. The van der Waals surface area contributed by atoms with Gasteiger partial charge < -0.3 is 4.74 Å². The first kappa shape index (κ1) is 22.1. The lowest BCUT2D eigenvalue weighted by molar-refractivity contribution is -0.127. The average Bonchev–Trinajstić information content (AvgIpc) is 3.41. The first-order valence-electron chi connectivity index (χ1n) is 10.7. The van der Waals surface area contributed by atoms with E-state index >= 15 is 0 Å². The second-order valence-electron chi connectivity index (χ2n) is 8.64. The molecule has 1 aliphatic carbocycles. The van der Waals surface area contributed by atoms with Crippen molar-refractivity contribution < 1.29 is 28.3 Å². The Morgan fingerprint density at radius 2 is 1.46 bits per heavy atom. The zero-order valence-electron chi connectivity index (χ0n) is 17.7. The van der Waals surface area contributed by atoms with E-state index in [0.29, 0.717) is 10.6 Å². The number of amides is 2. The van der Waals surface area contributed by atoms with Crippen molar-refractivity contribution in [2.24, 2.45) is 11.8 Å². The zero-order valence-corrected chi connectivity index (χ0v) is 19.2. The molecule has 0 unspecified atom stereocenters. The Bertz CT molecular complexity index is 1440. The Morgan fingerprint density at radius 1 is 0.829 bits per heavy atom. The fourth-order valence-electron chi connectivity index (χ4n) is 5.35. The first-order chi connectivity index (χ1) is 16.8. The second kappa shape index (κ2) is 7.55. The standard InChI is InChI=1S/C26H14Cl2FNO5/c27-13-7-5-12(6-8-13)21-19-20(25(34)30(24(19)33)14-9-10-18(29)17(28)11-14)26(35-21)22(31)15-3-1-2-4-16(15)23(26)32/h1-11,19-21H/t19-,20+,21+/m1/s1. The summed E-state index contributed by atoms with van der Waals surface area (Å²) in [6.45, 7) is 0. The van der Waals surface area contributed by atoms with Crippen molar-refractivity contribution in [1.82, 2.24) is 0 Å². The number of ether oxygens (including phenoxy) is 1. The average molecular weight is 510 g/mol. The van der Waals surface area contributed by atoms with E-state index in [9.17, 15) is 23.6 Å². The van der Waals surface area contributed by atoms with Crippen molar-refractivity contribution in [3.63, 3.8) is 0 Å². The third-order valence-corrected chi connectivity index (χ3v) is 7.42. The lowest BCUT2D eigenvalue weighted by Gasteiger charge is -2.27. The highest BCUT2D eigenvalue weighted by atomic mass is 35.5. The minimum absolute atomic E-state index is 0.0428. The molecule has 35 heavy (non-hydrogen) atoms. The number of anilines is 1. The molecule has 3 aromatic carbocycles. The number of halogens is 3. The number of fused-ring (bicyclic) bond motifs is 3. The molecule has 3 aromatic rings. The number of Topliss-reactive ketones (excluding diaryl/α,β-unsaturated/α-hetero) is 2. The number of nitrogens with zero attached hydrogens (tertiary/aromatic N) is 1. The maximum absolute atomic E-state index is 13.8. The summed E-state index contributed by atoms with van der Waals surface area (Å²) in [6.07, 6.45) is -1.07. The van der Waals surface area contributed by atoms with E-state index in [4.69, 9.17) is 27.9 Å². The predicted molar refractivity (Wildman–Crippen MR) is 124 cm³/mol. The van der Waals surface area contributed by atoms with Gasteiger partial charge in [0.05, 0.1) is 28.6 Å². The molecular weight excluding hydrogens is 496 g/mol. The van der Waals surface area contributed by atoms with Gasteiger partial charge in [0, 0.05) is 16.1 Å². The molecule has 2 amide bonds. The lowest BCUT2D eigenvalue weighted by atomic mass is 9.77. The van der Waals surface area contributed by atoms with E-state index in [2.05, 4.69) is 0 Å². The van der Waals surface area contributed by atoms with E-state index in [0.717, 1.165) is 17.0 Å². The molecule has 6 nitrogen and oxygen atoms in total. The molecule has 3 aliphatic rings. The highest BCUT2D eigenvalue weighted by Crippen LogP contribution is 2.57. The number of hydrogen-bond donors (Lipinski definition) is 0. The van der Waals surface area contributed by atoms with Crippen LogP contribution in [0, 0.1) is 17.7 Å². The van der Waals surface area contributed by atoms with Crippen LogP contribution in [-0.2, 0) is 14.3 Å². The summed E-state index contributed by atoms with van der Waals surface area (Å²) in [5, 5.41) is 0.163. The summed E-state index contributed by atoms with van der Waals surface area (Å²) >= 11 is 11.9. The second-order valence-corrected chi connectivity index (χ2v) is 9.49. The molecule has 0 N–H and O–H groups in total. The largest absolute Gasteiger partial charge is 0.349 e. The molecule has 2 heterocycles. The Morgan fingerprint density at radius 3 is 2.06 bits per heavy atom. The van der Waals surface area contributed by atoms with Crippen molar-refractivity contribution >= 4 is 52.3 Å². The van der Waals surface area contributed by atoms with Crippen LogP contribution in [0.1, 0.15) is 32.4 Å². The lowest BCUT2D eigenvalue weighted by Crippen LogP contribution is -2.51. The molecule has 9 heteroatoms. The van der Waals surface area contributed by atoms with Crippen LogP contribution in [0.4, 0.5) is 10.1 Å². The van der Waals surface area contributed by atoms with E-state index < -0.39 is 52.7 Å². The third-order valence-electron chi connectivity index (χ3n) is 6.88. The minimum atomic E-state index is -2.19. The van der Waals surface area contributed by atoms with Gasteiger partial charge in [-0.3, -0.25) is 19.2 Å². The Kier molecular flexibility index (Phi) is 4.77. The van der Waals surface area contributed by atoms with Gasteiger partial charge in [-0.15, -0.1) is 0 Å². The van der Waals surface area contributed by atoms with E-state index in [1.54, 1.807) is 36.4 Å². The van der Waals surface area contributed by atoms with Gasteiger partial charge in [-0.25, -0.2) is 9.29 Å². The monoisotopic (exact) mass is 509 g/mol. The predicted octanol–water partition coefficient (Wildman–Crippen LogP) is 4.83. The normalized spacial score (nSPS) is 24.4. The quantitative estimate of drug-likeness (QED) is 0.365. The van der Waals surface area contributed by atoms with Crippen LogP contribution in [0.5, 0.6) is 0 Å². The molecule has 174 valence electrons. The first-order valence-corrected chi connectivity index (χ1v) is 11.5. The van der Waals surface area contributed by atoms with Crippen LogP contribution < -0.4 is 4.90 Å². The van der Waals surface area contributed by atoms with Gasteiger partial charge in [0.15, 0.2) is 0 Å². The number of imide groups is 1. The third kappa shape index (κ3) is 2.86. The molecule has 3 atom stereocenters. The Labute approximate surface area is 208 Å². The van der Waals surface area contributed by atoms with E-state index in [1.165, 1.54) is 18.2 Å². The molecule has 0 aromatic heterocycles. The topological polar surface area (TPSA) is 80.8 Å².